The number of nitrogens with one attached hydrogen (secondary N) is 1. The predicted molar refractivity (Wildman–Crippen MR) is 93.7 cm³/mol. The van der Waals surface area contributed by atoms with E-state index in [1.807, 2.05) is 6.92 Å². The van der Waals surface area contributed by atoms with Crippen molar-refractivity contribution in [1.29, 1.82) is 0 Å². The molecule has 5 nitrogen and oxygen atoms in total. The molecule has 130 valence electrons. The number of amides is 1. The average molecular weight is 332 g/mol. The minimum atomic E-state index is -0.508. The molecule has 1 saturated carbocycles. The van der Waals surface area contributed by atoms with Crippen LogP contribution < -0.4 is 16.8 Å². The molecule has 1 unspecified atom stereocenters. The van der Waals surface area contributed by atoms with Gasteiger partial charge in [-0.1, -0.05) is 31.0 Å². The van der Waals surface area contributed by atoms with Crippen LogP contribution in [0, 0.1) is 5.82 Å². The molecule has 2 aliphatic rings. The van der Waals surface area contributed by atoms with Crippen molar-refractivity contribution in [2.45, 2.75) is 51.1 Å². The number of hydrogen-bond donors (Lipinski definition) is 3. The van der Waals surface area contributed by atoms with E-state index in [1.165, 1.54) is 25.0 Å². The summed E-state index contributed by atoms with van der Waals surface area (Å²) in [7, 11) is 0. The summed E-state index contributed by atoms with van der Waals surface area (Å²) >= 11 is 0. The van der Waals surface area contributed by atoms with Crippen molar-refractivity contribution in [1.82, 2.24) is 5.32 Å². The van der Waals surface area contributed by atoms with E-state index in [0.29, 0.717) is 24.0 Å². The molecule has 1 amide bonds. The third kappa shape index (κ3) is 5.16. The van der Waals surface area contributed by atoms with E-state index in [2.05, 4.69) is 10.3 Å². The van der Waals surface area contributed by atoms with Gasteiger partial charge >= 0.3 is 0 Å². The summed E-state index contributed by atoms with van der Waals surface area (Å²) in [6.07, 6.45) is 5.12. The minimum Gasteiger partial charge on any atom is -0.402 e. The Morgan fingerprint density at radius 3 is 2.38 bits per heavy atom. The van der Waals surface area contributed by atoms with Gasteiger partial charge in [0.15, 0.2) is 0 Å². The zero-order valence-corrected chi connectivity index (χ0v) is 14.0. The zero-order valence-electron chi connectivity index (χ0n) is 14.0. The van der Waals surface area contributed by atoms with Crippen molar-refractivity contribution < 1.29 is 9.18 Å². The highest BCUT2D eigenvalue weighted by Crippen LogP contribution is 2.23. The van der Waals surface area contributed by atoms with E-state index in [9.17, 15) is 9.18 Å². The van der Waals surface area contributed by atoms with Crippen molar-refractivity contribution in [3.05, 3.63) is 47.4 Å². The maximum absolute atomic E-state index is 11.9. The van der Waals surface area contributed by atoms with Crippen LogP contribution in [-0.2, 0) is 4.79 Å². The van der Waals surface area contributed by atoms with E-state index < -0.39 is 6.04 Å². The first-order valence-corrected chi connectivity index (χ1v) is 8.27. The number of piperidine rings is 1. The molecule has 0 spiro atoms. The van der Waals surface area contributed by atoms with Gasteiger partial charge in [-0.15, -0.1) is 0 Å². The lowest BCUT2D eigenvalue weighted by molar-refractivity contribution is -0.121. The Kier molecular flexibility index (Phi) is 6.49. The molecule has 0 bridgehead atoms. The van der Waals surface area contributed by atoms with Crippen molar-refractivity contribution >= 4 is 11.7 Å². The molecule has 1 aromatic carbocycles. The molecule has 1 saturated heterocycles. The Morgan fingerprint density at radius 2 is 1.88 bits per heavy atom. The van der Waals surface area contributed by atoms with Gasteiger partial charge in [0.05, 0.1) is 12.1 Å². The van der Waals surface area contributed by atoms with E-state index >= 15 is 0 Å². The topological polar surface area (TPSA) is 93.5 Å². The summed E-state index contributed by atoms with van der Waals surface area (Å²) in [5.74, 6) is 0.304. The number of hydrogen-bond acceptors (Lipinski definition) is 4. The van der Waals surface area contributed by atoms with Crippen LogP contribution in [0.2, 0.25) is 0 Å². The molecule has 5 N–H and O–H groups in total. The summed E-state index contributed by atoms with van der Waals surface area (Å²) in [5.41, 5.74) is 13.1. The maximum Gasteiger partial charge on any atom is 0.242 e. The number of benzene rings is 1. The highest BCUT2D eigenvalue weighted by Gasteiger charge is 2.28. The molecule has 1 aliphatic heterocycles. The normalized spacial score (nSPS) is 25.0. The van der Waals surface area contributed by atoms with Crippen LogP contribution in [0.15, 0.2) is 46.6 Å². The number of carbonyl (C=O) groups is 1. The summed E-state index contributed by atoms with van der Waals surface area (Å²) < 4.78 is 11.9. The Labute approximate surface area is 142 Å². The first-order chi connectivity index (χ1) is 11.5. The number of carbonyl (C=O) groups excluding carboxylic acids is 1. The second-order valence-corrected chi connectivity index (χ2v) is 6.17. The molecule has 1 heterocycles. The third-order valence-electron chi connectivity index (χ3n) is 4.13. The number of aliphatic imine (C=N–C) groups is 1. The second kappa shape index (κ2) is 8.59. The number of nitrogens with zero attached hydrogens (tertiary/aromatic N) is 1. The number of nitrogens with two attached hydrogens (primary N) is 2. The zero-order chi connectivity index (χ0) is 17.5. The molecule has 0 aromatic heterocycles. The Morgan fingerprint density at radius 1 is 1.25 bits per heavy atom. The number of halogens is 1. The van der Waals surface area contributed by atoms with E-state index in [-0.39, 0.29) is 11.7 Å². The van der Waals surface area contributed by atoms with Gasteiger partial charge in [-0.2, -0.15) is 0 Å². The molecule has 1 aliphatic carbocycles. The smallest absolute Gasteiger partial charge is 0.242 e. The lowest BCUT2D eigenvalue weighted by Gasteiger charge is -2.24. The molecule has 2 fully saturated rings. The fourth-order valence-electron chi connectivity index (χ4n) is 2.78. The van der Waals surface area contributed by atoms with Crippen LogP contribution >= 0.6 is 0 Å². The van der Waals surface area contributed by atoms with Crippen molar-refractivity contribution in [3.8, 4) is 0 Å². The van der Waals surface area contributed by atoms with Gasteiger partial charge in [0.1, 0.15) is 11.7 Å². The van der Waals surface area contributed by atoms with Crippen LogP contribution in [0.4, 0.5) is 4.39 Å². The van der Waals surface area contributed by atoms with Crippen LogP contribution in [0.3, 0.4) is 0 Å². The van der Waals surface area contributed by atoms with Crippen molar-refractivity contribution in [2.24, 2.45) is 16.5 Å². The fraction of sp³-hybridized carbons (Fsp3) is 0.444. The summed E-state index contributed by atoms with van der Waals surface area (Å²) in [5, 5.41) is 2.77. The Bertz CT molecular complexity index is 617. The highest BCUT2D eigenvalue weighted by molar-refractivity contribution is 6.12. The average Bonchev–Trinajstić information content (AvgIpc) is 3.05. The van der Waals surface area contributed by atoms with Gasteiger partial charge in [0.25, 0.3) is 0 Å². The largest absolute Gasteiger partial charge is 0.402 e. The molecule has 1 aromatic rings. The predicted octanol–water partition coefficient (Wildman–Crippen LogP) is 2.23. The third-order valence-corrected chi connectivity index (χ3v) is 4.13. The molecule has 6 heteroatoms. The SMILES string of the molecule is C/C(N)=C1\CC(N)C(=O)NC1=NC1CCCC1.Fc1ccccc1. The van der Waals surface area contributed by atoms with Gasteiger partial charge in [-0.05, 0) is 31.9 Å². The first-order valence-electron chi connectivity index (χ1n) is 8.27. The molecular weight excluding hydrogens is 307 g/mol. The standard InChI is InChI=1S/C12H20N4O.C6H5F/c1-7(13)9-6-10(14)12(17)16-11(9)15-8-4-2-3-5-8;7-6-4-2-1-3-5-6/h8,10H,2-6,13-14H2,1H3,(H,15,16,17);1-5H/b9-7-;. The fourth-order valence-corrected chi connectivity index (χ4v) is 2.78. The van der Waals surface area contributed by atoms with Gasteiger partial charge in [0, 0.05) is 17.7 Å². The van der Waals surface area contributed by atoms with Crippen LogP contribution in [0.1, 0.15) is 39.0 Å². The summed E-state index contributed by atoms with van der Waals surface area (Å²) in [6, 6.07) is 7.76. The van der Waals surface area contributed by atoms with Crippen molar-refractivity contribution in [2.75, 3.05) is 0 Å². The minimum absolute atomic E-state index is 0.160. The Hall–Kier alpha value is -2.21. The molecule has 1 atom stereocenters. The van der Waals surface area contributed by atoms with Crippen LogP contribution in [-0.4, -0.2) is 23.8 Å². The quantitative estimate of drug-likeness (QED) is 0.736. The van der Waals surface area contributed by atoms with Gasteiger partial charge in [0.2, 0.25) is 5.91 Å². The molecule has 0 radical (unpaired) electrons. The maximum atomic E-state index is 11.9. The van der Waals surface area contributed by atoms with Crippen molar-refractivity contribution in [3.63, 3.8) is 0 Å². The van der Waals surface area contributed by atoms with Gasteiger partial charge in [-0.3, -0.25) is 9.79 Å². The first kappa shape index (κ1) is 18.1. The van der Waals surface area contributed by atoms with Crippen LogP contribution in [0.25, 0.3) is 0 Å². The lowest BCUT2D eigenvalue weighted by Crippen LogP contribution is -2.50. The lowest BCUT2D eigenvalue weighted by atomic mass is 9.99. The Balaban J connectivity index is 0.000000249. The number of amidine groups is 1. The van der Waals surface area contributed by atoms with Gasteiger partial charge in [-0.25, -0.2) is 4.39 Å². The second-order valence-electron chi connectivity index (χ2n) is 6.17. The highest BCUT2D eigenvalue weighted by atomic mass is 19.1. The number of allylic oxidation sites excluding steroid dienone is 1. The summed E-state index contributed by atoms with van der Waals surface area (Å²) in [4.78, 5) is 16.2. The summed E-state index contributed by atoms with van der Waals surface area (Å²) in [6.45, 7) is 1.82. The molecular formula is C18H25FN4O. The molecule has 3 rings (SSSR count). The van der Waals surface area contributed by atoms with E-state index in [1.54, 1.807) is 18.2 Å². The molecule has 24 heavy (non-hydrogen) atoms. The van der Waals surface area contributed by atoms with E-state index in [4.69, 9.17) is 11.5 Å². The monoisotopic (exact) mass is 332 g/mol. The van der Waals surface area contributed by atoms with Crippen LogP contribution in [0.5, 0.6) is 0 Å². The van der Waals surface area contributed by atoms with Gasteiger partial charge < -0.3 is 16.8 Å². The number of rotatable bonds is 1. The van der Waals surface area contributed by atoms with E-state index in [0.717, 1.165) is 18.4 Å².